The summed E-state index contributed by atoms with van der Waals surface area (Å²) in [4.78, 5) is 0. The fourth-order valence-electron chi connectivity index (χ4n) is 1.09. The van der Waals surface area contributed by atoms with E-state index in [2.05, 4.69) is 13.5 Å². The van der Waals surface area contributed by atoms with Gasteiger partial charge in [0.05, 0.1) is 26.4 Å². The molecule has 0 heterocycles. The molecule has 0 aromatic heterocycles. The lowest BCUT2D eigenvalue weighted by molar-refractivity contribution is -0.239. The molecule has 0 aliphatic heterocycles. The van der Waals surface area contributed by atoms with Gasteiger partial charge in [0.2, 0.25) is 0 Å². The molecule has 0 spiro atoms. The van der Waals surface area contributed by atoms with Crippen LogP contribution >= 0.6 is 0 Å². The second-order valence-electron chi connectivity index (χ2n) is 2.80. The Kier molecular flexibility index (Phi) is 7.70. The van der Waals surface area contributed by atoms with Gasteiger partial charge in [0.1, 0.15) is 0 Å². The van der Waals surface area contributed by atoms with Crippen LogP contribution in [0.4, 0.5) is 0 Å². The molecular formula is C10H19O4. The highest BCUT2D eigenvalue weighted by molar-refractivity contribution is 4.82. The molecule has 4 heteroatoms. The summed E-state index contributed by atoms with van der Waals surface area (Å²) in [6, 6.07) is 0. The van der Waals surface area contributed by atoms with Crippen molar-refractivity contribution in [1.29, 1.82) is 0 Å². The number of aliphatic hydroxyl groups is 2. The number of aliphatic hydroxyl groups excluding tert-OH is 2. The van der Waals surface area contributed by atoms with Crippen LogP contribution in [0.25, 0.3) is 0 Å². The highest BCUT2D eigenvalue weighted by Crippen LogP contribution is 2.22. The normalized spacial score (nSPS) is 11.6. The average molecular weight is 203 g/mol. The second-order valence-corrected chi connectivity index (χ2v) is 2.80. The van der Waals surface area contributed by atoms with E-state index in [1.165, 1.54) is 0 Å². The zero-order valence-electron chi connectivity index (χ0n) is 8.45. The summed E-state index contributed by atoms with van der Waals surface area (Å²) in [5, 5.41) is 17.3. The Morgan fingerprint density at radius 3 is 1.93 bits per heavy atom. The van der Waals surface area contributed by atoms with Crippen molar-refractivity contribution in [1.82, 2.24) is 0 Å². The molecular weight excluding hydrogens is 184 g/mol. The molecule has 0 aliphatic rings. The summed E-state index contributed by atoms with van der Waals surface area (Å²) in [5.41, 5.74) is 0. The van der Waals surface area contributed by atoms with Crippen LogP contribution in [0.2, 0.25) is 0 Å². The minimum Gasteiger partial charge on any atom is -0.394 e. The van der Waals surface area contributed by atoms with Gasteiger partial charge in [0.25, 0.3) is 0 Å². The first kappa shape index (κ1) is 13.6. The molecule has 0 unspecified atom stereocenters. The quantitative estimate of drug-likeness (QED) is 0.423. The summed E-state index contributed by atoms with van der Waals surface area (Å²) in [6.07, 6.45) is 2.55. The Labute approximate surface area is 85.1 Å². The van der Waals surface area contributed by atoms with Crippen LogP contribution in [0.3, 0.4) is 0 Å². The van der Waals surface area contributed by atoms with Gasteiger partial charge in [-0.1, -0.05) is 6.08 Å². The van der Waals surface area contributed by atoms with Crippen molar-refractivity contribution in [3.05, 3.63) is 19.6 Å². The molecule has 1 radical (unpaired) electrons. The van der Waals surface area contributed by atoms with Crippen LogP contribution in [0, 0.1) is 6.92 Å². The Hall–Kier alpha value is -0.420. The SMILES string of the molecule is [CH2]CC(CC=C)(OCCO)OCCO. The van der Waals surface area contributed by atoms with E-state index in [0.29, 0.717) is 12.8 Å². The number of hydrogen-bond acceptors (Lipinski definition) is 4. The molecule has 0 saturated carbocycles. The fraction of sp³-hybridized carbons (Fsp3) is 0.700. The first-order valence-corrected chi connectivity index (χ1v) is 4.64. The second kappa shape index (κ2) is 7.94. The Bertz CT molecular complexity index is 139. The lowest BCUT2D eigenvalue weighted by Gasteiger charge is -2.31. The highest BCUT2D eigenvalue weighted by atomic mass is 16.7. The first-order valence-electron chi connectivity index (χ1n) is 4.64. The molecule has 83 valence electrons. The molecule has 0 bridgehead atoms. The Balaban J connectivity index is 4.17. The van der Waals surface area contributed by atoms with E-state index in [1.54, 1.807) is 6.08 Å². The van der Waals surface area contributed by atoms with Crippen molar-refractivity contribution in [3.63, 3.8) is 0 Å². The van der Waals surface area contributed by atoms with E-state index in [9.17, 15) is 0 Å². The third kappa shape index (κ3) is 4.72. The molecule has 0 rings (SSSR count). The monoisotopic (exact) mass is 203 g/mol. The molecule has 0 aliphatic carbocycles. The smallest absolute Gasteiger partial charge is 0.171 e. The lowest BCUT2D eigenvalue weighted by Crippen LogP contribution is -2.37. The maximum Gasteiger partial charge on any atom is 0.171 e. The van der Waals surface area contributed by atoms with Crippen LogP contribution in [0.15, 0.2) is 12.7 Å². The van der Waals surface area contributed by atoms with Gasteiger partial charge in [-0.15, -0.1) is 6.58 Å². The van der Waals surface area contributed by atoms with Gasteiger partial charge < -0.3 is 19.7 Å². The fourth-order valence-corrected chi connectivity index (χ4v) is 1.09. The summed E-state index contributed by atoms with van der Waals surface area (Å²) < 4.78 is 10.7. The molecule has 4 nitrogen and oxygen atoms in total. The molecule has 0 atom stereocenters. The molecule has 14 heavy (non-hydrogen) atoms. The number of rotatable bonds is 9. The van der Waals surface area contributed by atoms with Gasteiger partial charge >= 0.3 is 0 Å². The van der Waals surface area contributed by atoms with Crippen LogP contribution < -0.4 is 0 Å². The minimum atomic E-state index is -0.854. The lowest BCUT2D eigenvalue weighted by atomic mass is 10.1. The predicted octanol–water partition coefficient (Wildman–Crippen LogP) is 0.501. The summed E-state index contributed by atoms with van der Waals surface area (Å²) in [7, 11) is 0. The predicted molar refractivity (Wildman–Crippen MR) is 53.6 cm³/mol. The molecule has 0 saturated heterocycles. The van der Waals surface area contributed by atoms with Gasteiger partial charge in [0.15, 0.2) is 5.79 Å². The van der Waals surface area contributed by atoms with Crippen molar-refractivity contribution in [3.8, 4) is 0 Å². The van der Waals surface area contributed by atoms with Crippen molar-refractivity contribution in [2.45, 2.75) is 18.6 Å². The van der Waals surface area contributed by atoms with Crippen LogP contribution in [-0.4, -0.2) is 42.4 Å². The maximum atomic E-state index is 8.64. The third-order valence-corrected chi connectivity index (χ3v) is 1.75. The van der Waals surface area contributed by atoms with Crippen molar-refractivity contribution >= 4 is 0 Å². The molecule has 0 amide bonds. The number of hydrogen-bond donors (Lipinski definition) is 2. The van der Waals surface area contributed by atoms with E-state index < -0.39 is 5.79 Å². The third-order valence-electron chi connectivity index (χ3n) is 1.75. The zero-order valence-corrected chi connectivity index (χ0v) is 8.45. The average Bonchev–Trinajstić information content (AvgIpc) is 2.22. The van der Waals surface area contributed by atoms with E-state index in [0.717, 1.165) is 0 Å². The van der Waals surface area contributed by atoms with E-state index in [1.807, 2.05) is 0 Å². The van der Waals surface area contributed by atoms with Gasteiger partial charge in [0, 0.05) is 12.8 Å². The van der Waals surface area contributed by atoms with Gasteiger partial charge in [-0.2, -0.15) is 0 Å². The van der Waals surface area contributed by atoms with E-state index in [-0.39, 0.29) is 26.4 Å². The largest absolute Gasteiger partial charge is 0.394 e. The van der Waals surface area contributed by atoms with Gasteiger partial charge in [-0.05, 0) is 6.92 Å². The van der Waals surface area contributed by atoms with Crippen molar-refractivity contribution in [2.75, 3.05) is 26.4 Å². The maximum absolute atomic E-state index is 8.64. The van der Waals surface area contributed by atoms with Gasteiger partial charge in [-0.3, -0.25) is 0 Å². The molecule has 0 fully saturated rings. The Morgan fingerprint density at radius 1 is 1.14 bits per heavy atom. The van der Waals surface area contributed by atoms with E-state index in [4.69, 9.17) is 19.7 Å². The summed E-state index contributed by atoms with van der Waals surface area (Å²) in [5.74, 6) is -0.854. The minimum absolute atomic E-state index is 0.0681. The van der Waals surface area contributed by atoms with Gasteiger partial charge in [-0.25, -0.2) is 0 Å². The molecule has 0 aromatic rings. The first-order chi connectivity index (χ1) is 6.74. The molecule has 0 aromatic carbocycles. The van der Waals surface area contributed by atoms with Crippen LogP contribution in [-0.2, 0) is 9.47 Å². The summed E-state index contributed by atoms with van der Waals surface area (Å²) >= 11 is 0. The number of ether oxygens (including phenoxy) is 2. The zero-order chi connectivity index (χ0) is 10.9. The van der Waals surface area contributed by atoms with Crippen molar-refractivity contribution < 1.29 is 19.7 Å². The highest BCUT2D eigenvalue weighted by Gasteiger charge is 2.28. The molecule has 2 N–H and O–H groups in total. The Morgan fingerprint density at radius 2 is 1.64 bits per heavy atom. The standard InChI is InChI=1S/C10H19O4/c1-3-5-10(4-2,13-8-6-11)14-9-7-12/h3,11-12H,1-2,4-9H2. The summed E-state index contributed by atoms with van der Waals surface area (Å²) in [6.45, 7) is 7.56. The van der Waals surface area contributed by atoms with Crippen LogP contribution in [0.1, 0.15) is 12.8 Å². The van der Waals surface area contributed by atoms with Crippen LogP contribution in [0.5, 0.6) is 0 Å². The topological polar surface area (TPSA) is 58.9 Å². The van der Waals surface area contributed by atoms with Crippen molar-refractivity contribution in [2.24, 2.45) is 0 Å². The van der Waals surface area contributed by atoms with E-state index >= 15 is 0 Å².